The number of carbonyl (C=O) groups is 1. The second-order valence-electron chi connectivity index (χ2n) is 5.82. The first-order valence-corrected chi connectivity index (χ1v) is 7.84. The Kier molecular flexibility index (Phi) is 4.70. The summed E-state index contributed by atoms with van der Waals surface area (Å²) in [4.78, 5) is 11.9. The van der Waals surface area contributed by atoms with E-state index in [1.165, 1.54) is 0 Å². The number of nitrogens with one attached hydrogen (secondary N) is 3. The molecule has 6 nitrogen and oxygen atoms in total. The molecule has 0 saturated carbocycles. The maximum atomic E-state index is 11.9. The van der Waals surface area contributed by atoms with Gasteiger partial charge in [-0.15, -0.1) is 12.3 Å². The molecule has 1 amide bonds. The van der Waals surface area contributed by atoms with Crippen LogP contribution in [0, 0.1) is 12.3 Å². The molecule has 1 aromatic rings. The van der Waals surface area contributed by atoms with Crippen LogP contribution in [0.4, 0.5) is 0 Å². The van der Waals surface area contributed by atoms with Crippen LogP contribution in [-0.2, 0) is 11.2 Å². The van der Waals surface area contributed by atoms with E-state index in [0.29, 0.717) is 19.4 Å². The SMILES string of the molecule is C#CCCC1(CCC(=O)NCCc2ccc3c(c2)OCO3)NN1. The van der Waals surface area contributed by atoms with E-state index in [0.717, 1.165) is 36.3 Å². The van der Waals surface area contributed by atoms with E-state index in [-0.39, 0.29) is 18.4 Å². The number of carbonyl (C=O) groups excluding carboxylic acids is 1. The number of amides is 1. The van der Waals surface area contributed by atoms with Crippen molar-refractivity contribution >= 4 is 5.91 Å². The molecule has 6 heteroatoms. The summed E-state index contributed by atoms with van der Waals surface area (Å²) in [7, 11) is 0. The fourth-order valence-electron chi connectivity index (χ4n) is 2.61. The third kappa shape index (κ3) is 4.15. The van der Waals surface area contributed by atoms with Gasteiger partial charge < -0.3 is 14.8 Å². The first kappa shape index (κ1) is 15.7. The van der Waals surface area contributed by atoms with E-state index in [1.54, 1.807) is 0 Å². The summed E-state index contributed by atoms with van der Waals surface area (Å²) in [5, 5.41) is 2.95. The predicted octanol–water partition coefficient (Wildman–Crippen LogP) is 1.07. The van der Waals surface area contributed by atoms with Gasteiger partial charge in [-0.1, -0.05) is 6.07 Å². The highest BCUT2D eigenvalue weighted by molar-refractivity contribution is 5.76. The lowest BCUT2D eigenvalue weighted by atomic mass is 10.0. The molecule has 3 rings (SSSR count). The molecule has 0 aromatic heterocycles. The number of hydrogen-bond acceptors (Lipinski definition) is 5. The molecule has 0 unspecified atom stereocenters. The van der Waals surface area contributed by atoms with Crippen molar-refractivity contribution in [1.29, 1.82) is 0 Å². The quantitative estimate of drug-likeness (QED) is 0.493. The Bertz CT molecular complexity index is 620. The highest BCUT2D eigenvalue weighted by Crippen LogP contribution is 2.32. The largest absolute Gasteiger partial charge is 0.454 e. The summed E-state index contributed by atoms with van der Waals surface area (Å²) in [6, 6.07) is 5.85. The molecule has 122 valence electrons. The molecular formula is C17H21N3O3. The van der Waals surface area contributed by atoms with Gasteiger partial charge in [-0.2, -0.15) is 0 Å². The first-order chi connectivity index (χ1) is 11.2. The monoisotopic (exact) mass is 315 g/mol. The van der Waals surface area contributed by atoms with Crippen LogP contribution in [0.5, 0.6) is 11.5 Å². The van der Waals surface area contributed by atoms with E-state index in [9.17, 15) is 4.79 Å². The van der Waals surface area contributed by atoms with Crippen molar-refractivity contribution in [3.63, 3.8) is 0 Å². The topological polar surface area (TPSA) is 91.4 Å². The Morgan fingerprint density at radius 3 is 2.91 bits per heavy atom. The van der Waals surface area contributed by atoms with Gasteiger partial charge in [-0.25, -0.2) is 10.9 Å². The Balaban J connectivity index is 1.36. The number of ether oxygens (including phenoxy) is 2. The Labute approximate surface area is 135 Å². The van der Waals surface area contributed by atoms with E-state index in [2.05, 4.69) is 22.1 Å². The molecule has 1 aromatic carbocycles. The predicted molar refractivity (Wildman–Crippen MR) is 85.6 cm³/mol. The smallest absolute Gasteiger partial charge is 0.231 e. The molecule has 23 heavy (non-hydrogen) atoms. The van der Waals surface area contributed by atoms with Crippen molar-refractivity contribution in [2.75, 3.05) is 13.3 Å². The van der Waals surface area contributed by atoms with E-state index in [1.807, 2.05) is 18.2 Å². The molecule has 2 aliphatic heterocycles. The van der Waals surface area contributed by atoms with E-state index < -0.39 is 0 Å². The lowest BCUT2D eigenvalue weighted by Gasteiger charge is -2.10. The van der Waals surface area contributed by atoms with Crippen LogP contribution in [0.15, 0.2) is 18.2 Å². The molecule has 0 aliphatic carbocycles. The second-order valence-corrected chi connectivity index (χ2v) is 5.82. The van der Waals surface area contributed by atoms with E-state index in [4.69, 9.17) is 15.9 Å². The minimum absolute atomic E-state index is 0.0568. The lowest BCUT2D eigenvalue weighted by Crippen LogP contribution is -2.28. The second kappa shape index (κ2) is 6.90. The lowest BCUT2D eigenvalue weighted by molar-refractivity contribution is -0.121. The minimum Gasteiger partial charge on any atom is -0.454 e. The standard InChI is InChI=1S/C17H21N3O3/c1-2-3-8-17(19-20-17)9-6-16(21)18-10-7-13-4-5-14-15(11-13)23-12-22-14/h1,4-5,11,19-20H,3,6-10,12H2,(H,18,21). The van der Waals surface area contributed by atoms with Gasteiger partial charge in [0, 0.05) is 19.4 Å². The van der Waals surface area contributed by atoms with Gasteiger partial charge >= 0.3 is 0 Å². The molecule has 2 aliphatic rings. The van der Waals surface area contributed by atoms with Gasteiger partial charge in [0.2, 0.25) is 12.7 Å². The maximum absolute atomic E-state index is 11.9. The molecule has 3 N–H and O–H groups in total. The van der Waals surface area contributed by atoms with Crippen molar-refractivity contribution in [3.8, 4) is 23.8 Å². The zero-order valence-corrected chi connectivity index (χ0v) is 13.0. The summed E-state index contributed by atoms with van der Waals surface area (Å²) in [6.45, 7) is 0.885. The van der Waals surface area contributed by atoms with Gasteiger partial charge in [-0.05, 0) is 37.0 Å². The van der Waals surface area contributed by atoms with Crippen LogP contribution in [0.1, 0.15) is 31.2 Å². The van der Waals surface area contributed by atoms with Crippen molar-refractivity contribution < 1.29 is 14.3 Å². The van der Waals surface area contributed by atoms with Crippen LogP contribution in [0.25, 0.3) is 0 Å². The Hall–Kier alpha value is -2.23. The number of rotatable bonds is 8. The molecule has 1 saturated heterocycles. The van der Waals surface area contributed by atoms with Crippen LogP contribution in [-0.4, -0.2) is 24.9 Å². The maximum Gasteiger partial charge on any atom is 0.231 e. The fourth-order valence-corrected chi connectivity index (χ4v) is 2.61. The summed E-state index contributed by atoms with van der Waals surface area (Å²) in [5.41, 5.74) is 7.16. The zero-order valence-electron chi connectivity index (χ0n) is 13.0. The minimum atomic E-state index is -0.138. The number of terminal acetylenes is 1. The van der Waals surface area contributed by atoms with Crippen LogP contribution in [0.2, 0.25) is 0 Å². The highest BCUT2D eigenvalue weighted by Gasteiger charge is 2.40. The third-order valence-corrected chi connectivity index (χ3v) is 4.13. The molecule has 0 radical (unpaired) electrons. The van der Waals surface area contributed by atoms with Crippen LogP contribution < -0.4 is 25.6 Å². The number of benzene rings is 1. The zero-order chi connectivity index (χ0) is 16.1. The third-order valence-electron chi connectivity index (χ3n) is 4.13. The van der Waals surface area contributed by atoms with E-state index >= 15 is 0 Å². The average molecular weight is 315 g/mol. The highest BCUT2D eigenvalue weighted by atomic mass is 16.7. The summed E-state index contributed by atoms with van der Waals surface area (Å²) in [6.07, 6.45) is 8.80. The van der Waals surface area contributed by atoms with Gasteiger partial charge in [0.15, 0.2) is 11.5 Å². The van der Waals surface area contributed by atoms with Gasteiger partial charge in [-0.3, -0.25) is 4.79 Å². The number of fused-ring (bicyclic) bond motifs is 1. The Morgan fingerprint density at radius 2 is 2.13 bits per heavy atom. The molecular weight excluding hydrogens is 294 g/mol. The fraction of sp³-hybridized carbons (Fsp3) is 0.471. The Morgan fingerprint density at radius 1 is 1.30 bits per heavy atom. The molecule has 0 spiro atoms. The molecule has 1 fully saturated rings. The van der Waals surface area contributed by atoms with Crippen molar-refractivity contribution in [2.24, 2.45) is 0 Å². The van der Waals surface area contributed by atoms with Gasteiger partial charge in [0.1, 0.15) is 0 Å². The van der Waals surface area contributed by atoms with Crippen LogP contribution in [0.3, 0.4) is 0 Å². The summed E-state index contributed by atoms with van der Waals surface area (Å²) in [5.74, 6) is 4.23. The average Bonchev–Trinajstić information content (AvgIpc) is 3.18. The van der Waals surface area contributed by atoms with Gasteiger partial charge in [0.05, 0.1) is 5.66 Å². The summed E-state index contributed by atoms with van der Waals surface area (Å²) < 4.78 is 10.6. The summed E-state index contributed by atoms with van der Waals surface area (Å²) >= 11 is 0. The number of hydrazine groups is 1. The van der Waals surface area contributed by atoms with Crippen molar-refractivity contribution in [3.05, 3.63) is 23.8 Å². The molecule has 2 heterocycles. The normalized spacial score (nSPS) is 16.7. The van der Waals surface area contributed by atoms with Crippen LogP contribution >= 0.6 is 0 Å². The van der Waals surface area contributed by atoms with Crippen molar-refractivity contribution in [2.45, 2.75) is 37.8 Å². The van der Waals surface area contributed by atoms with Crippen molar-refractivity contribution in [1.82, 2.24) is 16.2 Å². The van der Waals surface area contributed by atoms with Gasteiger partial charge in [0.25, 0.3) is 0 Å². The number of hydrogen-bond donors (Lipinski definition) is 3. The first-order valence-electron chi connectivity index (χ1n) is 7.84. The molecule has 0 atom stereocenters. The molecule has 0 bridgehead atoms.